The molecule has 0 aliphatic rings. The summed E-state index contributed by atoms with van der Waals surface area (Å²) in [6.45, 7) is 0.750. The van der Waals surface area contributed by atoms with Gasteiger partial charge in [-0.3, -0.25) is 0 Å². The van der Waals surface area contributed by atoms with Crippen LogP contribution in [0.2, 0.25) is 0 Å². The topological polar surface area (TPSA) is 61.0 Å². The number of aromatic nitrogens is 2. The summed E-state index contributed by atoms with van der Waals surface area (Å²) < 4.78 is 5.02. The Morgan fingerprint density at radius 3 is 2.78 bits per heavy atom. The van der Waals surface area contributed by atoms with Crippen LogP contribution in [0, 0.1) is 0 Å². The molecule has 0 radical (unpaired) electrons. The normalized spacial score (nSPS) is 12.6. The second-order valence-corrected chi connectivity index (χ2v) is 5.11. The highest BCUT2D eigenvalue weighted by Gasteiger charge is 2.14. The minimum atomic E-state index is -0.181. The molecule has 0 spiro atoms. The van der Waals surface area contributed by atoms with Gasteiger partial charge in [0, 0.05) is 20.1 Å². The Kier molecular flexibility index (Phi) is 4.81. The van der Waals surface area contributed by atoms with Crippen molar-refractivity contribution in [2.75, 3.05) is 13.7 Å². The summed E-state index contributed by atoms with van der Waals surface area (Å²) in [5.41, 5.74) is 7.23. The summed E-state index contributed by atoms with van der Waals surface area (Å²) >= 11 is 1.58. The molecule has 1 unspecified atom stereocenters. The zero-order valence-corrected chi connectivity index (χ0v) is 11.2. The first-order chi connectivity index (χ1) is 8.81. The quantitative estimate of drug-likeness (QED) is 0.811. The second kappa shape index (κ2) is 6.58. The highest BCUT2D eigenvalue weighted by Crippen LogP contribution is 2.23. The molecular formula is C13H17N3OS. The Morgan fingerprint density at radius 2 is 2.06 bits per heavy atom. The van der Waals surface area contributed by atoms with Gasteiger partial charge >= 0.3 is 0 Å². The van der Waals surface area contributed by atoms with Gasteiger partial charge in [-0.15, -0.1) is 10.2 Å². The van der Waals surface area contributed by atoms with Crippen LogP contribution in [0.1, 0.15) is 28.0 Å². The first-order valence-electron chi connectivity index (χ1n) is 5.93. The monoisotopic (exact) mass is 263 g/mol. The van der Waals surface area contributed by atoms with Crippen molar-refractivity contribution in [3.63, 3.8) is 0 Å². The van der Waals surface area contributed by atoms with Gasteiger partial charge in [-0.25, -0.2) is 0 Å². The summed E-state index contributed by atoms with van der Waals surface area (Å²) in [6, 6.07) is 9.78. The Hall–Kier alpha value is -1.30. The molecule has 0 aliphatic heterocycles. The molecule has 96 valence electrons. The average Bonchev–Trinajstić information content (AvgIpc) is 2.88. The van der Waals surface area contributed by atoms with E-state index in [1.807, 2.05) is 30.3 Å². The average molecular weight is 263 g/mol. The van der Waals surface area contributed by atoms with Crippen molar-refractivity contribution < 1.29 is 4.74 Å². The second-order valence-electron chi connectivity index (χ2n) is 4.02. The van der Waals surface area contributed by atoms with Crippen molar-refractivity contribution in [2.24, 2.45) is 5.73 Å². The summed E-state index contributed by atoms with van der Waals surface area (Å²) in [4.78, 5) is 0. The largest absolute Gasteiger partial charge is 0.385 e. The van der Waals surface area contributed by atoms with E-state index in [4.69, 9.17) is 10.5 Å². The number of aryl methyl sites for hydroxylation is 1. The maximum Gasteiger partial charge on any atom is 0.138 e. The van der Waals surface area contributed by atoms with Crippen LogP contribution in [0.4, 0.5) is 0 Å². The number of hydrogen-bond acceptors (Lipinski definition) is 5. The third kappa shape index (κ3) is 3.35. The number of rotatable bonds is 6. The molecule has 4 nitrogen and oxygen atoms in total. The van der Waals surface area contributed by atoms with E-state index >= 15 is 0 Å². The summed E-state index contributed by atoms with van der Waals surface area (Å²) in [7, 11) is 1.71. The van der Waals surface area contributed by atoms with E-state index in [-0.39, 0.29) is 6.04 Å². The Bertz CT molecular complexity index is 472. The summed E-state index contributed by atoms with van der Waals surface area (Å²) in [5.74, 6) is 0. The van der Waals surface area contributed by atoms with Gasteiger partial charge in [0.1, 0.15) is 10.0 Å². The van der Waals surface area contributed by atoms with E-state index < -0.39 is 0 Å². The maximum atomic E-state index is 6.17. The van der Waals surface area contributed by atoms with Crippen LogP contribution in [-0.4, -0.2) is 23.9 Å². The zero-order chi connectivity index (χ0) is 12.8. The van der Waals surface area contributed by atoms with Crippen LogP contribution in [0.25, 0.3) is 0 Å². The lowest BCUT2D eigenvalue weighted by Gasteiger charge is -2.06. The SMILES string of the molecule is COCCCc1nnc(C(N)c2ccccc2)s1. The fourth-order valence-electron chi connectivity index (χ4n) is 1.66. The molecule has 18 heavy (non-hydrogen) atoms. The van der Waals surface area contributed by atoms with Gasteiger partial charge in [0.25, 0.3) is 0 Å². The number of nitrogens with zero attached hydrogens (tertiary/aromatic N) is 2. The Labute approximate surface area is 111 Å². The van der Waals surface area contributed by atoms with E-state index in [1.165, 1.54) is 0 Å². The van der Waals surface area contributed by atoms with Gasteiger partial charge in [0.15, 0.2) is 0 Å². The molecule has 5 heteroatoms. The standard InChI is InChI=1S/C13H17N3OS/c1-17-9-5-8-11-15-16-13(18-11)12(14)10-6-3-2-4-7-10/h2-4,6-7,12H,5,8-9,14H2,1H3. The van der Waals surface area contributed by atoms with Crippen molar-refractivity contribution in [2.45, 2.75) is 18.9 Å². The van der Waals surface area contributed by atoms with Crippen molar-refractivity contribution in [1.29, 1.82) is 0 Å². The predicted octanol–water partition coefficient (Wildman–Crippen LogP) is 2.17. The number of hydrogen-bond donors (Lipinski definition) is 1. The minimum Gasteiger partial charge on any atom is -0.385 e. The molecule has 2 rings (SSSR count). The van der Waals surface area contributed by atoms with Gasteiger partial charge in [-0.1, -0.05) is 41.7 Å². The summed E-state index contributed by atoms with van der Waals surface area (Å²) in [6.07, 6.45) is 1.86. The van der Waals surface area contributed by atoms with Crippen LogP contribution >= 0.6 is 11.3 Å². The number of ether oxygens (including phenoxy) is 1. The molecule has 1 atom stereocenters. The Morgan fingerprint density at radius 1 is 1.28 bits per heavy atom. The lowest BCUT2D eigenvalue weighted by molar-refractivity contribution is 0.195. The van der Waals surface area contributed by atoms with E-state index in [0.717, 1.165) is 35.0 Å². The van der Waals surface area contributed by atoms with E-state index in [9.17, 15) is 0 Å². The number of nitrogens with two attached hydrogens (primary N) is 1. The number of methoxy groups -OCH3 is 1. The first kappa shape index (κ1) is 13.1. The number of benzene rings is 1. The lowest BCUT2D eigenvalue weighted by Crippen LogP contribution is -2.11. The molecule has 1 aromatic heterocycles. The first-order valence-corrected chi connectivity index (χ1v) is 6.74. The van der Waals surface area contributed by atoms with Gasteiger partial charge in [-0.05, 0) is 12.0 Å². The third-order valence-electron chi connectivity index (χ3n) is 2.65. The molecule has 2 aromatic rings. The molecule has 1 aromatic carbocycles. The predicted molar refractivity (Wildman–Crippen MR) is 72.6 cm³/mol. The van der Waals surface area contributed by atoms with Crippen LogP contribution < -0.4 is 5.73 Å². The molecule has 1 heterocycles. The van der Waals surface area contributed by atoms with Crippen LogP contribution in [-0.2, 0) is 11.2 Å². The van der Waals surface area contributed by atoms with Crippen molar-refractivity contribution in [1.82, 2.24) is 10.2 Å². The molecule has 0 saturated heterocycles. The zero-order valence-electron chi connectivity index (χ0n) is 10.4. The Balaban J connectivity index is 2.01. The van der Waals surface area contributed by atoms with Crippen LogP contribution in [0.3, 0.4) is 0 Å². The molecule has 0 bridgehead atoms. The molecule has 0 amide bonds. The lowest BCUT2D eigenvalue weighted by atomic mass is 10.1. The van der Waals surface area contributed by atoms with Gasteiger partial charge in [0.05, 0.1) is 6.04 Å². The van der Waals surface area contributed by atoms with Crippen molar-refractivity contribution in [3.05, 3.63) is 45.9 Å². The van der Waals surface area contributed by atoms with E-state index in [0.29, 0.717) is 0 Å². The maximum absolute atomic E-state index is 6.17. The van der Waals surface area contributed by atoms with Gasteiger partial charge < -0.3 is 10.5 Å². The third-order valence-corrected chi connectivity index (χ3v) is 3.71. The highest BCUT2D eigenvalue weighted by molar-refractivity contribution is 7.11. The van der Waals surface area contributed by atoms with Gasteiger partial charge in [-0.2, -0.15) is 0 Å². The smallest absolute Gasteiger partial charge is 0.138 e. The highest BCUT2D eigenvalue weighted by atomic mass is 32.1. The minimum absolute atomic E-state index is 0.181. The molecule has 0 fully saturated rings. The van der Waals surface area contributed by atoms with Crippen molar-refractivity contribution in [3.8, 4) is 0 Å². The van der Waals surface area contributed by atoms with Gasteiger partial charge in [0.2, 0.25) is 0 Å². The van der Waals surface area contributed by atoms with E-state index in [1.54, 1.807) is 18.4 Å². The molecule has 2 N–H and O–H groups in total. The van der Waals surface area contributed by atoms with E-state index in [2.05, 4.69) is 10.2 Å². The molecular weight excluding hydrogens is 246 g/mol. The molecule has 0 aliphatic carbocycles. The van der Waals surface area contributed by atoms with Crippen LogP contribution in [0.15, 0.2) is 30.3 Å². The fraction of sp³-hybridized carbons (Fsp3) is 0.385. The van der Waals surface area contributed by atoms with Crippen molar-refractivity contribution >= 4 is 11.3 Å². The van der Waals surface area contributed by atoms with Crippen LogP contribution in [0.5, 0.6) is 0 Å². The summed E-state index contributed by atoms with van der Waals surface area (Å²) in [5, 5.41) is 10.2. The fourth-order valence-corrected chi connectivity index (χ4v) is 2.58. The molecule has 0 saturated carbocycles.